The minimum absolute atomic E-state index is 0.234. The van der Waals surface area contributed by atoms with Crippen LogP contribution in [0, 0.1) is 11.3 Å². The molecule has 0 saturated heterocycles. The Morgan fingerprint density at radius 1 is 1.29 bits per heavy atom. The Labute approximate surface area is 90.5 Å². The normalized spacial score (nSPS) is 34.1. The monoisotopic (exact) mass is 209 g/mol. The van der Waals surface area contributed by atoms with Crippen molar-refractivity contribution in [2.45, 2.75) is 26.2 Å². The van der Waals surface area contributed by atoms with Crippen LogP contribution in [0.3, 0.4) is 0 Å². The van der Waals surface area contributed by atoms with Crippen molar-refractivity contribution >= 4 is 11.6 Å². The summed E-state index contributed by atoms with van der Waals surface area (Å²) in [5.41, 5.74) is 1.91. The van der Waals surface area contributed by atoms with Gasteiger partial charge in [0.05, 0.1) is 0 Å². The molecular weight excluding hydrogens is 194 g/mol. The van der Waals surface area contributed by atoms with E-state index in [1.54, 1.807) is 0 Å². The summed E-state index contributed by atoms with van der Waals surface area (Å²) in [6.07, 6.45) is 3.72. The van der Waals surface area contributed by atoms with Gasteiger partial charge in [-0.3, -0.25) is 4.98 Å². The molecule has 1 aliphatic rings. The highest BCUT2D eigenvalue weighted by Crippen LogP contribution is 2.69. The summed E-state index contributed by atoms with van der Waals surface area (Å²) in [4.78, 5) is 4.05. The van der Waals surface area contributed by atoms with E-state index in [0.29, 0.717) is 11.3 Å². The third-order valence-corrected chi connectivity index (χ3v) is 4.57. The van der Waals surface area contributed by atoms with Crippen LogP contribution in [0.4, 0.5) is 0 Å². The van der Waals surface area contributed by atoms with Crippen molar-refractivity contribution in [1.29, 1.82) is 0 Å². The Balaban J connectivity index is 2.37. The second-order valence-electron chi connectivity index (χ2n) is 4.87. The van der Waals surface area contributed by atoms with Crippen molar-refractivity contribution in [1.82, 2.24) is 4.98 Å². The summed E-state index contributed by atoms with van der Waals surface area (Å²) in [7, 11) is 0. The molecule has 1 saturated carbocycles. The largest absolute Gasteiger partial charge is 0.265 e. The lowest BCUT2D eigenvalue weighted by Gasteiger charge is -2.14. The summed E-state index contributed by atoms with van der Waals surface area (Å²) in [5.74, 6) is 1.32. The molecule has 1 heterocycles. The van der Waals surface area contributed by atoms with Gasteiger partial charge in [-0.2, -0.15) is 0 Å². The number of halogens is 1. The van der Waals surface area contributed by atoms with Gasteiger partial charge in [0.15, 0.2) is 0 Å². The Kier molecular flexibility index (Phi) is 2.11. The van der Waals surface area contributed by atoms with Crippen LogP contribution in [0.2, 0.25) is 0 Å². The molecule has 0 aliphatic heterocycles. The number of alkyl halides is 1. The first kappa shape index (κ1) is 9.97. The fraction of sp³-hybridized carbons (Fsp3) is 0.583. The molecule has 1 aliphatic carbocycles. The van der Waals surface area contributed by atoms with Crippen LogP contribution < -0.4 is 0 Å². The molecule has 2 atom stereocenters. The average molecular weight is 210 g/mol. The van der Waals surface area contributed by atoms with E-state index >= 15 is 0 Å². The highest BCUT2D eigenvalue weighted by Gasteiger charge is 2.67. The van der Waals surface area contributed by atoms with Crippen molar-refractivity contribution in [3.05, 3.63) is 30.1 Å². The first-order valence-corrected chi connectivity index (χ1v) is 5.55. The number of pyridine rings is 1. The molecule has 1 fully saturated rings. The lowest BCUT2D eigenvalue weighted by Crippen LogP contribution is -2.09. The second-order valence-corrected chi connectivity index (χ2v) is 5.18. The average Bonchev–Trinajstić information content (AvgIpc) is 2.63. The Hall–Kier alpha value is -0.560. The molecule has 0 spiro atoms. The number of nitrogens with zero attached hydrogens (tertiary/aromatic N) is 1. The molecule has 2 unspecified atom stereocenters. The molecule has 1 aromatic heterocycles. The van der Waals surface area contributed by atoms with E-state index in [1.807, 2.05) is 12.4 Å². The van der Waals surface area contributed by atoms with Crippen molar-refractivity contribution in [3.63, 3.8) is 0 Å². The fourth-order valence-electron chi connectivity index (χ4n) is 2.72. The smallest absolute Gasteiger partial charge is 0.0270 e. The molecular formula is C12H16ClN. The standard InChI is InChI=1S/C12H16ClN/c1-11(2)10(8-13)12(11,3)9-4-6-14-7-5-9/h4-7,10H,8H2,1-3H3. The van der Waals surface area contributed by atoms with Crippen LogP contribution in [-0.4, -0.2) is 10.9 Å². The Morgan fingerprint density at radius 2 is 1.86 bits per heavy atom. The zero-order chi connectivity index (χ0) is 10.4. The molecule has 0 radical (unpaired) electrons. The maximum Gasteiger partial charge on any atom is 0.0270 e. The summed E-state index contributed by atoms with van der Waals surface area (Å²) < 4.78 is 0. The Morgan fingerprint density at radius 3 is 2.29 bits per heavy atom. The first-order valence-electron chi connectivity index (χ1n) is 5.01. The van der Waals surface area contributed by atoms with Crippen LogP contribution in [-0.2, 0) is 5.41 Å². The van der Waals surface area contributed by atoms with Crippen LogP contribution in [0.15, 0.2) is 24.5 Å². The highest BCUT2D eigenvalue weighted by molar-refractivity contribution is 6.18. The lowest BCUT2D eigenvalue weighted by atomic mass is 9.90. The van der Waals surface area contributed by atoms with E-state index in [9.17, 15) is 0 Å². The summed E-state index contributed by atoms with van der Waals surface area (Å²) >= 11 is 6.00. The van der Waals surface area contributed by atoms with Gasteiger partial charge in [-0.05, 0) is 29.0 Å². The number of aromatic nitrogens is 1. The van der Waals surface area contributed by atoms with Crippen LogP contribution in [0.1, 0.15) is 26.3 Å². The molecule has 2 rings (SSSR count). The van der Waals surface area contributed by atoms with Crippen LogP contribution in [0.25, 0.3) is 0 Å². The molecule has 0 bridgehead atoms. The van der Waals surface area contributed by atoms with Crippen molar-refractivity contribution < 1.29 is 0 Å². The van der Waals surface area contributed by atoms with Gasteiger partial charge in [-0.25, -0.2) is 0 Å². The van der Waals surface area contributed by atoms with Crippen LogP contribution >= 0.6 is 11.6 Å². The zero-order valence-electron chi connectivity index (χ0n) is 8.92. The minimum Gasteiger partial charge on any atom is -0.265 e. The zero-order valence-corrected chi connectivity index (χ0v) is 9.67. The summed E-state index contributed by atoms with van der Waals surface area (Å²) in [6, 6.07) is 4.21. The van der Waals surface area contributed by atoms with Crippen LogP contribution in [0.5, 0.6) is 0 Å². The topological polar surface area (TPSA) is 12.9 Å². The number of hydrogen-bond donors (Lipinski definition) is 0. The van der Waals surface area contributed by atoms with Gasteiger partial charge in [-0.1, -0.05) is 20.8 Å². The highest BCUT2D eigenvalue weighted by atomic mass is 35.5. The molecule has 0 N–H and O–H groups in total. The maximum absolute atomic E-state index is 6.00. The van der Waals surface area contributed by atoms with Gasteiger partial charge < -0.3 is 0 Å². The minimum atomic E-state index is 0.234. The van der Waals surface area contributed by atoms with E-state index in [4.69, 9.17) is 11.6 Å². The number of rotatable bonds is 2. The fourth-order valence-corrected chi connectivity index (χ4v) is 3.41. The van der Waals surface area contributed by atoms with Gasteiger partial charge >= 0.3 is 0 Å². The molecule has 0 aromatic carbocycles. The van der Waals surface area contributed by atoms with Gasteiger partial charge in [0.1, 0.15) is 0 Å². The van der Waals surface area contributed by atoms with E-state index in [1.165, 1.54) is 5.56 Å². The van der Waals surface area contributed by atoms with E-state index in [2.05, 4.69) is 37.9 Å². The molecule has 1 aromatic rings. The molecule has 0 amide bonds. The SMILES string of the molecule is CC1(C)C(CCl)C1(C)c1ccncc1. The second kappa shape index (κ2) is 2.96. The third kappa shape index (κ3) is 1.05. The van der Waals surface area contributed by atoms with Crippen molar-refractivity contribution in [2.24, 2.45) is 11.3 Å². The van der Waals surface area contributed by atoms with E-state index in [-0.39, 0.29) is 5.41 Å². The predicted octanol–water partition coefficient (Wildman–Crippen LogP) is 3.23. The first-order chi connectivity index (χ1) is 6.55. The van der Waals surface area contributed by atoms with Gasteiger partial charge in [-0.15, -0.1) is 11.6 Å². The van der Waals surface area contributed by atoms with Crippen molar-refractivity contribution in [3.8, 4) is 0 Å². The lowest BCUT2D eigenvalue weighted by molar-refractivity contribution is 0.522. The van der Waals surface area contributed by atoms with Gasteiger partial charge in [0, 0.05) is 23.7 Å². The Bertz CT molecular complexity index is 333. The summed E-state index contributed by atoms with van der Waals surface area (Å²) in [6.45, 7) is 6.89. The quantitative estimate of drug-likeness (QED) is 0.682. The van der Waals surface area contributed by atoms with Gasteiger partial charge in [0.2, 0.25) is 0 Å². The molecule has 76 valence electrons. The maximum atomic E-state index is 6.00. The van der Waals surface area contributed by atoms with Gasteiger partial charge in [0.25, 0.3) is 0 Å². The molecule has 14 heavy (non-hydrogen) atoms. The van der Waals surface area contributed by atoms with Crippen molar-refractivity contribution in [2.75, 3.05) is 5.88 Å². The van der Waals surface area contributed by atoms with E-state index < -0.39 is 0 Å². The molecule has 1 nitrogen and oxygen atoms in total. The summed E-state index contributed by atoms with van der Waals surface area (Å²) in [5, 5.41) is 0. The third-order valence-electron chi connectivity index (χ3n) is 4.26. The number of hydrogen-bond acceptors (Lipinski definition) is 1. The molecule has 2 heteroatoms. The van der Waals surface area contributed by atoms with E-state index in [0.717, 1.165) is 5.88 Å². The predicted molar refractivity (Wildman–Crippen MR) is 59.6 cm³/mol.